The summed E-state index contributed by atoms with van der Waals surface area (Å²) in [6.45, 7) is 1.32. The second kappa shape index (κ2) is 10.6. The van der Waals surface area contributed by atoms with Gasteiger partial charge in [0.15, 0.2) is 17.3 Å². The Hall–Kier alpha value is -3.92. The molecule has 2 aromatic carbocycles. The highest BCUT2D eigenvalue weighted by molar-refractivity contribution is 6.00. The number of carbonyl (C=O) groups excluding carboxylic acids is 1. The van der Waals surface area contributed by atoms with E-state index >= 15 is 0 Å². The average molecular weight is 508 g/mol. The Balaban J connectivity index is 1.45. The number of hydrogen-bond donors (Lipinski definition) is 1. The topological polar surface area (TPSA) is 91.2 Å². The van der Waals surface area contributed by atoms with Gasteiger partial charge in [0.1, 0.15) is 11.6 Å². The molecule has 37 heavy (non-hydrogen) atoms. The quantitative estimate of drug-likeness (QED) is 0.347. The number of aromatic nitrogens is 4. The molecule has 5 rings (SSSR count). The van der Waals surface area contributed by atoms with Gasteiger partial charge in [0, 0.05) is 62.8 Å². The summed E-state index contributed by atoms with van der Waals surface area (Å²) in [4.78, 5) is 26.6. The fraction of sp³-hybridized carbons (Fsp3) is 0.333. The lowest BCUT2D eigenvalue weighted by Gasteiger charge is -2.23. The third-order valence-corrected chi connectivity index (χ3v) is 6.66. The van der Waals surface area contributed by atoms with Crippen LogP contribution >= 0.6 is 0 Å². The molecular formula is C27H27F2N5O3. The molecule has 1 aliphatic rings. The molecule has 0 spiro atoms. The first-order valence-corrected chi connectivity index (χ1v) is 12.1. The molecule has 10 heteroatoms. The van der Waals surface area contributed by atoms with Crippen molar-refractivity contribution in [2.24, 2.45) is 7.05 Å². The molecular weight excluding hydrogens is 480 g/mol. The van der Waals surface area contributed by atoms with E-state index in [9.17, 15) is 13.6 Å². The maximum Gasteiger partial charge on any atom is 0.223 e. The van der Waals surface area contributed by atoms with E-state index in [0.29, 0.717) is 36.1 Å². The highest BCUT2D eigenvalue weighted by Gasteiger charge is 2.25. The van der Waals surface area contributed by atoms with Gasteiger partial charge in [-0.25, -0.2) is 23.7 Å². The molecule has 2 aromatic heterocycles. The van der Waals surface area contributed by atoms with Crippen molar-refractivity contribution in [3.05, 3.63) is 77.5 Å². The van der Waals surface area contributed by atoms with Crippen LogP contribution < -0.4 is 10.1 Å². The van der Waals surface area contributed by atoms with E-state index in [0.717, 1.165) is 12.8 Å². The smallest absolute Gasteiger partial charge is 0.223 e. The van der Waals surface area contributed by atoms with Crippen LogP contribution in [-0.4, -0.2) is 51.7 Å². The van der Waals surface area contributed by atoms with Crippen molar-refractivity contribution in [1.29, 1.82) is 0 Å². The fourth-order valence-corrected chi connectivity index (χ4v) is 4.62. The third kappa shape index (κ3) is 5.29. The molecule has 0 aliphatic carbocycles. The summed E-state index contributed by atoms with van der Waals surface area (Å²) in [6.07, 6.45) is 6.41. The summed E-state index contributed by atoms with van der Waals surface area (Å²) in [5, 5.41) is 3.50. The number of nitrogens with zero attached hydrogens (tertiary/aromatic N) is 4. The molecule has 3 heterocycles. The van der Waals surface area contributed by atoms with Crippen LogP contribution in [0.5, 0.6) is 5.75 Å². The summed E-state index contributed by atoms with van der Waals surface area (Å²) >= 11 is 0. The number of imidazole rings is 1. The van der Waals surface area contributed by atoms with Crippen molar-refractivity contribution < 1.29 is 23.0 Å². The van der Waals surface area contributed by atoms with Gasteiger partial charge in [-0.2, -0.15) is 0 Å². The summed E-state index contributed by atoms with van der Waals surface area (Å²) in [5.41, 5.74) is 1.07. The van der Waals surface area contributed by atoms with Gasteiger partial charge in [-0.1, -0.05) is 6.07 Å². The molecule has 0 unspecified atom stereocenters. The number of halogens is 2. The number of hydrogen-bond acceptors (Lipinski definition) is 7. The van der Waals surface area contributed by atoms with E-state index in [2.05, 4.69) is 20.3 Å². The number of fused-ring (bicyclic) bond motifs is 1. The molecule has 1 aliphatic heterocycles. The predicted octanol–water partition coefficient (Wildman–Crippen LogP) is 4.65. The number of nitrogens with one attached hydrogen (secondary N) is 1. The summed E-state index contributed by atoms with van der Waals surface area (Å²) < 4.78 is 41.7. The van der Waals surface area contributed by atoms with Gasteiger partial charge in [0.2, 0.25) is 5.95 Å². The van der Waals surface area contributed by atoms with Gasteiger partial charge in [0.05, 0.1) is 18.0 Å². The Morgan fingerprint density at radius 2 is 2.00 bits per heavy atom. The van der Waals surface area contributed by atoms with E-state index in [1.807, 2.05) is 0 Å². The summed E-state index contributed by atoms with van der Waals surface area (Å²) in [7, 11) is 3.19. The minimum Gasteiger partial charge on any atom is -0.494 e. The monoisotopic (exact) mass is 507 g/mol. The van der Waals surface area contributed by atoms with E-state index in [1.54, 1.807) is 36.1 Å². The van der Waals surface area contributed by atoms with Crippen LogP contribution in [0.3, 0.4) is 0 Å². The Bertz CT molecular complexity index is 1440. The summed E-state index contributed by atoms with van der Waals surface area (Å²) in [6, 6.07) is 7.50. The largest absolute Gasteiger partial charge is 0.494 e. The number of ketones is 1. The highest BCUT2D eigenvalue weighted by atomic mass is 19.1. The van der Waals surface area contributed by atoms with Crippen LogP contribution in [0.4, 0.5) is 14.7 Å². The SMILES string of the molecule is COc1ccc([C@H](CC(=O)c2cc(F)c3cnc(NC4CCOCC4)nc3c2)c2nccn2C)cc1F. The van der Waals surface area contributed by atoms with Gasteiger partial charge in [-0.05, 0) is 42.7 Å². The minimum absolute atomic E-state index is 0.0418. The van der Waals surface area contributed by atoms with Crippen molar-refractivity contribution in [1.82, 2.24) is 19.5 Å². The molecule has 1 atom stereocenters. The van der Waals surface area contributed by atoms with Crippen molar-refractivity contribution in [3.8, 4) is 5.75 Å². The second-order valence-electron chi connectivity index (χ2n) is 9.09. The second-order valence-corrected chi connectivity index (χ2v) is 9.09. The number of ether oxygens (including phenoxy) is 2. The first-order chi connectivity index (χ1) is 17.9. The molecule has 1 N–H and O–H groups in total. The van der Waals surface area contributed by atoms with E-state index in [1.165, 1.54) is 31.5 Å². The van der Waals surface area contributed by atoms with Crippen molar-refractivity contribution in [2.75, 3.05) is 25.6 Å². The number of carbonyl (C=O) groups is 1. The molecule has 4 aromatic rings. The van der Waals surface area contributed by atoms with Crippen molar-refractivity contribution in [2.45, 2.75) is 31.2 Å². The van der Waals surface area contributed by atoms with Crippen molar-refractivity contribution >= 4 is 22.6 Å². The number of Topliss-reactive ketones (excluding diaryl/α,β-unsaturated/α-hetero) is 1. The molecule has 1 saturated heterocycles. The van der Waals surface area contributed by atoms with Gasteiger partial charge in [0.25, 0.3) is 0 Å². The van der Waals surface area contributed by atoms with E-state index in [-0.39, 0.29) is 34.9 Å². The maximum atomic E-state index is 15.0. The predicted molar refractivity (Wildman–Crippen MR) is 134 cm³/mol. The Kier molecular flexibility index (Phi) is 7.09. The summed E-state index contributed by atoms with van der Waals surface area (Å²) in [5.74, 6) is -0.917. The minimum atomic E-state index is -0.581. The zero-order chi connectivity index (χ0) is 25.9. The molecule has 0 radical (unpaired) electrons. The van der Waals surface area contributed by atoms with Crippen LogP contribution in [0.25, 0.3) is 10.9 Å². The van der Waals surface area contributed by atoms with Gasteiger partial charge < -0.3 is 19.4 Å². The van der Waals surface area contributed by atoms with Crippen LogP contribution in [-0.2, 0) is 11.8 Å². The molecule has 192 valence electrons. The first kappa shape index (κ1) is 24.8. The first-order valence-electron chi connectivity index (χ1n) is 12.1. The normalized spacial score (nSPS) is 15.0. The Morgan fingerprint density at radius 3 is 2.70 bits per heavy atom. The van der Waals surface area contributed by atoms with Gasteiger partial charge >= 0.3 is 0 Å². The molecule has 0 bridgehead atoms. The molecule has 1 fully saturated rings. The maximum absolute atomic E-state index is 15.0. The van der Waals surface area contributed by atoms with E-state index in [4.69, 9.17) is 9.47 Å². The number of anilines is 1. The fourth-order valence-electron chi connectivity index (χ4n) is 4.62. The molecule has 8 nitrogen and oxygen atoms in total. The van der Waals surface area contributed by atoms with Crippen LogP contribution in [0.15, 0.2) is 48.9 Å². The van der Waals surface area contributed by atoms with Gasteiger partial charge in [-0.15, -0.1) is 0 Å². The molecule has 0 amide bonds. The van der Waals surface area contributed by atoms with E-state index < -0.39 is 17.6 Å². The lowest BCUT2D eigenvalue weighted by atomic mass is 9.90. The Labute approximate surface area is 212 Å². The Morgan fingerprint density at radius 1 is 1.19 bits per heavy atom. The van der Waals surface area contributed by atoms with Crippen molar-refractivity contribution in [3.63, 3.8) is 0 Å². The standard InChI is InChI=1S/C27H27F2N5O3/c1-34-8-7-30-26(34)19(16-3-4-25(36-2)22(29)11-16)14-24(35)17-12-21(28)20-15-31-27(33-23(20)13-17)32-18-5-9-37-10-6-18/h3-4,7-8,11-13,15,18-19H,5-6,9-10,14H2,1-2H3,(H,31,32,33)/t19-/m0/s1. The van der Waals surface area contributed by atoms with Crippen LogP contribution in [0, 0.1) is 11.6 Å². The highest BCUT2D eigenvalue weighted by Crippen LogP contribution is 2.32. The van der Waals surface area contributed by atoms with Crippen LogP contribution in [0.1, 0.15) is 46.9 Å². The third-order valence-electron chi connectivity index (χ3n) is 6.66. The zero-order valence-corrected chi connectivity index (χ0v) is 20.6. The van der Waals surface area contributed by atoms with Gasteiger partial charge in [-0.3, -0.25) is 4.79 Å². The zero-order valence-electron chi connectivity index (χ0n) is 20.6. The number of methoxy groups -OCH3 is 1. The van der Waals surface area contributed by atoms with Crippen LogP contribution in [0.2, 0.25) is 0 Å². The molecule has 0 saturated carbocycles. The lowest BCUT2D eigenvalue weighted by molar-refractivity contribution is 0.0903. The number of benzene rings is 2. The number of rotatable bonds is 8. The lowest BCUT2D eigenvalue weighted by Crippen LogP contribution is -2.28. The number of aryl methyl sites for hydroxylation is 1. The average Bonchev–Trinajstić information content (AvgIpc) is 3.32.